The van der Waals surface area contributed by atoms with Crippen molar-refractivity contribution in [3.05, 3.63) is 41.2 Å². The third-order valence-electron chi connectivity index (χ3n) is 3.32. The predicted molar refractivity (Wildman–Crippen MR) is 94.6 cm³/mol. The van der Waals surface area contributed by atoms with Crippen molar-refractivity contribution in [1.82, 2.24) is 0 Å². The molecular formula is C17H18ClFN2O4. The van der Waals surface area contributed by atoms with Crippen LogP contribution in [0.2, 0.25) is 5.02 Å². The molecule has 0 atom stereocenters. The Morgan fingerprint density at radius 3 is 2.24 bits per heavy atom. The Labute approximate surface area is 149 Å². The second kappa shape index (κ2) is 8.43. The summed E-state index contributed by atoms with van der Waals surface area (Å²) >= 11 is 5.90. The van der Waals surface area contributed by atoms with Gasteiger partial charge in [-0.3, -0.25) is 4.79 Å². The number of carbonyl (C=O) groups is 1. The zero-order chi connectivity index (χ0) is 18.4. The number of ether oxygens (including phenoxy) is 3. The number of methoxy groups -OCH3 is 3. The fourth-order valence-corrected chi connectivity index (χ4v) is 2.40. The molecule has 0 heterocycles. The first kappa shape index (κ1) is 18.7. The Morgan fingerprint density at radius 1 is 1.08 bits per heavy atom. The van der Waals surface area contributed by atoms with E-state index in [0.29, 0.717) is 28.6 Å². The number of nitrogens with one attached hydrogen (secondary N) is 2. The van der Waals surface area contributed by atoms with E-state index >= 15 is 0 Å². The first-order valence-electron chi connectivity index (χ1n) is 7.27. The van der Waals surface area contributed by atoms with Crippen molar-refractivity contribution >= 4 is 28.9 Å². The van der Waals surface area contributed by atoms with Crippen molar-refractivity contribution in [3.63, 3.8) is 0 Å². The Kier molecular flexibility index (Phi) is 6.30. The van der Waals surface area contributed by atoms with Crippen LogP contribution in [0.1, 0.15) is 0 Å². The maximum atomic E-state index is 13.0. The Bertz CT molecular complexity index is 745. The zero-order valence-corrected chi connectivity index (χ0v) is 14.7. The molecule has 2 rings (SSSR count). The quantitative estimate of drug-likeness (QED) is 0.782. The van der Waals surface area contributed by atoms with Crippen molar-refractivity contribution in [2.45, 2.75) is 0 Å². The van der Waals surface area contributed by atoms with Crippen LogP contribution in [0.4, 0.5) is 15.8 Å². The lowest BCUT2D eigenvalue weighted by molar-refractivity contribution is -0.114. The Balaban J connectivity index is 2.07. The smallest absolute Gasteiger partial charge is 0.243 e. The van der Waals surface area contributed by atoms with E-state index in [0.717, 1.165) is 0 Å². The highest BCUT2D eigenvalue weighted by Crippen LogP contribution is 2.39. The first-order chi connectivity index (χ1) is 12.0. The molecule has 0 aliphatic carbocycles. The predicted octanol–water partition coefficient (Wildman–Crippen LogP) is 3.56. The minimum absolute atomic E-state index is 0.0536. The monoisotopic (exact) mass is 368 g/mol. The first-order valence-corrected chi connectivity index (χ1v) is 7.65. The average molecular weight is 369 g/mol. The van der Waals surface area contributed by atoms with Gasteiger partial charge in [0.1, 0.15) is 5.82 Å². The van der Waals surface area contributed by atoms with Crippen LogP contribution in [-0.2, 0) is 4.79 Å². The number of halogens is 2. The fraction of sp³-hybridized carbons (Fsp3) is 0.235. The van der Waals surface area contributed by atoms with E-state index in [4.69, 9.17) is 25.8 Å². The van der Waals surface area contributed by atoms with Gasteiger partial charge in [-0.2, -0.15) is 0 Å². The summed E-state index contributed by atoms with van der Waals surface area (Å²) in [5.74, 6) is 0.504. The molecular weight excluding hydrogens is 351 g/mol. The third kappa shape index (κ3) is 4.67. The number of anilines is 2. The number of hydrogen-bond donors (Lipinski definition) is 2. The lowest BCUT2D eigenvalue weighted by Gasteiger charge is -2.15. The molecule has 0 bridgehead atoms. The van der Waals surface area contributed by atoms with Crippen LogP contribution in [0.25, 0.3) is 0 Å². The minimum Gasteiger partial charge on any atom is -0.493 e. The standard InChI is InChI=1S/C17H18ClFN2O4/c1-23-14-7-11(8-15(24-2)17(14)25-3)21-16(22)9-20-13-5-4-10(19)6-12(13)18/h4-8,20H,9H2,1-3H3,(H,21,22). The SMILES string of the molecule is COc1cc(NC(=O)CNc2ccc(F)cc2Cl)cc(OC)c1OC. The molecule has 25 heavy (non-hydrogen) atoms. The van der Waals surface area contributed by atoms with Crippen molar-refractivity contribution in [3.8, 4) is 17.2 Å². The van der Waals surface area contributed by atoms with E-state index in [-0.39, 0.29) is 17.5 Å². The summed E-state index contributed by atoms with van der Waals surface area (Å²) in [7, 11) is 4.47. The van der Waals surface area contributed by atoms with Crippen LogP contribution < -0.4 is 24.8 Å². The molecule has 6 nitrogen and oxygen atoms in total. The van der Waals surface area contributed by atoms with Gasteiger partial charge in [-0.25, -0.2) is 4.39 Å². The normalized spacial score (nSPS) is 10.1. The zero-order valence-electron chi connectivity index (χ0n) is 14.0. The molecule has 0 unspecified atom stereocenters. The van der Waals surface area contributed by atoms with Gasteiger partial charge < -0.3 is 24.8 Å². The topological polar surface area (TPSA) is 68.8 Å². The maximum Gasteiger partial charge on any atom is 0.243 e. The summed E-state index contributed by atoms with van der Waals surface area (Å²) in [5, 5.41) is 5.75. The number of carbonyl (C=O) groups excluding carboxylic acids is 1. The molecule has 0 aromatic heterocycles. The van der Waals surface area contributed by atoms with E-state index in [9.17, 15) is 9.18 Å². The maximum absolute atomic E-state index is 13.0. The second-order valence-electron chi connectivity index (χ2n) is 4.94. The van der Waals surface area contributed by atoms with Crippen LogP contribution in [0.3, 0.4) is 0 Å². The van der Waals surface area contributed by atoms with E-state index < -0.39 is 5.82 Å². The lowest BCUT2D eigenvalue weighted by atomic mass is 10.2. The number of amides is 1. The van der Waals surface area contributed by atoms with Crippen molar-refractivity contribution in [2.75, 3.05) is 38.5 Å². The van der Waals surface area contributed by atoms with Crippen LogP contribution in [-0.4, -0.2) is 33.8 Å². The van der Waals surface area contributed by atoms with Crippen LogP contribution >= 0.6 is 11.6 Å². The Hall–Kier alpha value is -2.67. The molecule has 2 aromatic rings. The van der Waals surface area contributed by atoms with Crippen molar-refractivity contribution in [1.29, 1.82) is 0 Å². The van der Waals surface area contributed by atoms with Gasteiger partial charge in [0.15, 0.2) is 11.5 Å². The van der Waals surface area contributed by atoms with Crippen LogP contribution in [0.5, 0.6) is 17.2 Å². The second-order valence-corrected chi connectivity index (χ2v) is 5.35. The van der Waals surface area contributed by atoms with E-state index in [1.54, 1.807) is 12.1 Å². The molecule has 0 fully saturated rings. The number of benzene rings is 2. The molecule has 2 aromatic carbocycles. The van der Waals surface area contributed by atoms with Gasteiger partial charge >= 0.3 is 0 Å². The van der Waals surface area contributed by atoms with Crippen LogP contribution in [0, 0.1) is 5.82 Å². The summed E-state index contributed by atoms with van der Waals surface area (Å²) < 4.78 is 28.7. The molecule has 8 heteroatoms. The molecule has 0 spiro atoms. The molecule has 0 saturated heterocycles. The van der Waals surface area contributed by atoms with Gasteiger partial charge in [0.2, 0.25) is 11.7 Å². The van der Waals surface area contributed by atoms with Gasteiger partial charge in [0.05, 0.1) is 38.6 Å². The van der Waals surface area contributed by atoms with Gasteiger partial charge in [-0.05, 0) is 18.2 Å². The fourth-order valence-electron chi connectivity index (χ4n) is 2.17. The Morgan fingerprint density at radius 2 is 1.72 bits per heavy atom. The lowest BCUT2D eigenvalue weighted by Crippen LogP contribution is -2.22. The summed E-state index contributed by atoms with van der Waals surface area (Å²) in [4.78, 5) is 12.1. The van der Waals surface area contributed by atoms with E-state index in [1.165, 1.54) is 39.5 Å². The average Bonchev–Trinajstić information content (AvgIpc) is 2.60. The molecule has 0 aliphatic heterocycles. The van der Waals surface area contributed by atoms with Gasteiger partial charge in [-0.1, -0.05) is 11.6 Å². The highest BCUT2D eigenvalue weighted by Gasteiger charge is 2.14. The molecule has 0 saturated carbocycles. The highest BCUT2D eigenvalue weighted by atomic mass is 35.5. The van der Waals surface area contributed by atoms with Crippen molar-refractivity contribution < 1.29 is 23.4 Å². The summed E-state index contributed by atoms with van der Waals surface area (Å²) in [5.41, 5.74) is 0.939. The molecule has 134 valence electrons. The van der Waals surface area contributed by atoms with Gasteiger partial charge in [0.25, 0.3) is 0 Å². The largest absolute Gasteiger partial charge is 0.493 e. The number of rotatable bonds is 7. The molecule has 0 aliphatic rings. The van der Waals surface area contributed by atoms with E-state index in [2.05, 4.69) is 10.6 Å². The summed E-state index contributed by atoms with van der Waals surface area (Å²) in [6, 6.07) is 7.12. The van der Waals surface area contributed by atoms with Gasteiger partial charge in [0, 0.05) is 17.8 Å². The van der Waals surface area contributed by atoms with Crippen LogP contribution in [0.15, 0.2) is 30.3 Å². The highest BCUT2D eigenvalue weighted by molar-refractivity contribution is 6.33. The van der Waals surface area contributed by atoms with Crippen molar-refractivity contribution in [2.24, 2.45) is 0 Å². The summed E-state index contributed by atoms with van der Waals surface area (Å²) in [6.45, 7) is -0.0536. The van der Waals surface area contributed by atoms with Gasteiger partial charge in [-0.15, -0.1) is 0 Å². The van der Waals surface area contributed by atoms with E-state index in [1.807, 2.05) is 0 Å². The molecule has 0 radical (unpaired) electrons. The third-order valence-corrected chi connectivity index (χ3v) is 3.63. The minimum atomic E-state index is -0.447. The molecule has 2 N–H and O–H groups in total. The number of hydrogen-bond acceptors (Lipinski definition) is 5. The summed E-state index contributed by atoms with van der Waals surface area (Å²) in [6.07, 6.45) is 0. The molecule has 1 amide bonds.